The maximum absolute atomic E-state index is 11.0. The number of primary amides is 1. The molecule has 4 heteroatoms. The fourth-order valence-electron chi connectivity index (χ4n) is 1.97. The summed E-state index contributed by atoms with van der Waals surface area (Å²) in [6.45, 7) is 2.05. The predicted octanol–water partition coefficient (Wildman–Crippen LogP) is 1.33. The van der Waals surface area contributed by atoms with Gasteiger partial charge in [0.15, 0.2) is 0 Å². The largest absolute Gasteiger partial charge is 0.464 e. The molecule has 1 aliphatic heterocycles. The van der Waals surface area contributed by atoms with E-state index >= 15 is 0 Å². The van der Waals surface area contributed by atoms with Gasteiger partial charge in [0.2, 0.25) is 12.2 Å². The van der Waals surface area contributed by atoms with Gasteiger partial charge in [0.1, 0.15) is 5.75 Å². The number of fused-ring (bicyclic) bond motifs is 1. The molecule has 0 bridgehead atoms. The number of hydrogen-bond donors (Lipinski definition) is 1. The Morgan fingerprint density at radius 3 is 2.94 bits per heavy atom. The van der Waals surface area contributed by atoms with Crippen LogP contribution in [0.15, 0.2) is 18.2 Å². The van der Waals surface area contributed by atoms with Crippen LogP contribution in [0.1, 0.15) is 22.8 Å². The van der Waals surface area contributed by atoms with Crippen LogP contribution in [0.25, 0.3) is 0 Å². The highest BCUT2D eigenvalue weighted by Gasteiger charge is 2.26. The zero-order valence-electron chi connectivity index (χ0n) is 9.40. The lowest BCUT2D eigenvalue weighted by molar-refractivity contribution is -0.0966. The third kappa shape index (κ3) is 1.88. The fourth-order valence-corrected chi connectivity index (χ4v) is 1.97. The summed E-state index contributed by atoms with van der Waals surface area (Å²) in [7, 11) is 1.63. The number of methoxy groups -OCH3 is 1. The summed E-state index contributed by atoms with van der Waals surface area (Å²) in [4.78, 5) is 11.0. The summed E-state index contributed by atoms with van der Waals surface area (Å²) in [5, 5.41) is 0. The van der Waals surface area contributed by atoms with Gasteiger partial charge >= 0.3 is 0 Å². The van der Waals surface area contributed by atoms with Crippen LogP contribution in [0.5, 0.6) is 5.75 Å². The van der Waals surface area contributed by atoms with Crippen LogP contribution >= 0.6 is 0 Å². The first-order valence-electron chi connectivity index (χ1n) is 5.24. The van der Waals surface area contributed by atoms with Crippen molar-refractivity contribution < 1.29 is 14.3 Å². The molecule has 0 saturated heterocycles. The van der Waals surface area contributed by atoms with Crippen LogP contribution < -0.4 is 10.5 Å². The van der Waals surface area contributed by atoms with E-state index in [-0.39, 0.29) is 12.2 Å². The zero-order chi connectivity index (χ0) is 11.7. The lowest BCUT2D eigenvalue weighted by Crippen LogP contribution is -2.32. The van der Waals surface area contributed by atoms with Gasteiger partial charge in [-0.05, 0) is 30.2 Å². The van der Waals surface area contributed by atoms with E-state index in [4.69, 9.17) is 15.2 Å². The van der Waals surface area contributed by atoms with Crippen LogP contribution in [-0.2, 0) is 11.2 Å². The van der Waals surface area contributed by atoms with Crippen molar-refractivity contribution in [3.05, 3.63) is 29.3 Å². The normalized spacial score (nSPS) is 23.4. The Labute approximate surface area is 94.3 Å². The summed E-state index contributed by atoms with van der Waals surface area (Å²) < 4.78 is 10.9. The SMILES string of the molecule is COC1Oc2ccc(C(N)=O)cc2CC1C. The second-order valence-corrected chi connectivity index (χ2v) is 4.09. The van der Waals surface area contributed by atoms with Gasteiger partial charge in [-0.15, -0.1) is 0 Å². The number of nitrogens with two attached hydrogens (primary N) is 1. The summed E-state index contributed by atoms with van der Waals surface area (Å²) in [5.74, 6) is 0.625. The first-order valence-corrected chi connectivity index (χ1v) is 5.24. The molecule has 0 aromatic heterocycles. The minimum Gasteiger partial charge on any atom is -0.464 e. The molecular formula is C12H15NO3. The van der Waals surface area contributed by atoms with Gasteiger partial charge in [0, 0.05) is 18.6 Å². The minimum absolute atomic E-state index is 0.216. The Kier molecular flexibility index (Phi) is 2.83. The predicted molar refractivity (Wildman–Crippen MR) is 59.3 cm³/mol. The van der Waals surface area contributed by atoms with Gasteiger partial charge in [-0.1, -0.05) is 6.92 Å². The van der Waals surface area contributed by atoms with Crippen molar-refractivity contribution in [3.63, 3.8) is 0 Å². The van der Waals surface area contributed by atoms with Gasteiger partial charge in [-0.3, -0.25) is 4.79 Å². The lowest BCUT2D eigenvalue weighted by atomic mass is 9.95. The Balaban J connectivity index is 2.32. The first-order chi connectivity index (χ1) is 7.61. The van der Waals surface area contributed by atoms with Gasteiger partial charge in [0.25, 0.3) is 0 Å². The zero-order valence-corrected chi connectivity index (χ0v) is 9.40. The molecule has 1 aromatic carbocycles. The van der Waals surface area contributed by atoms with Gasteiger partial charge in [-0.25, -0.2) is 0 Å². The Bertz CT molecular complexity index is 417. The highest BCUT2D eigenvalue weighted by Crippen LogP contribution is 2.31. The second-order valence-electron chi connectivity index (χ2n) is 4.09. The van der Waals surface area contributed by atoms with Crippen molar-refractivity contribution in [2.24, 2.45) is 11.7 Å². The highest BCUT2D eigenvalue weighted by atomic mass is 16.7. The van der Waals surface area contributed by atoms with Crippen LogP contribution in [0.4, 0.5) is 0 Å². The molecule has 0 radical (unpaired) electrons. The van der Waals surface area contributed by atoms with E-state index in [9.17, 15) is 4.79 Å². The second kappa shape index (κ2) is 4.14. The van der Waals surface area contributed by atoms with E-state index in [1.54, 1.807) is 25.3 Å². The van der Waals surface area contributed by atoms with Crippen molar-refractivity contribution in [2.45, 2.75) is 19.6 Å². The molecular weight excluding hydrogens is 206 g/mol. The molecule has 1 aromatic rings. The molecule has 0 aliphatic carbocycles. The molecule has 86 valence electrons. The topological polar surface area (TPSA) is 61.6 Å². The average Bonchev–Trinajstić information content (AvgIpc) is 2.27. The summed E-state index contributed by atoms with van der Waals surface area (Å²) in [5.41, 5.74) is 6.76. The first kappa shape index (κ1) is 11.0. The van der Waals surface area contributed by atoms with Crippen molar-refractivity contribution in [1.82, 2.24) is 0 Å². The van der Waals surface area contributed by atoms with Crippen molar-refractivity contribution in [2.75, 3.05) is 7.11 Å². The quantitative estimate of drug-likeness (QED) is 0.819. The van der Waals surface area contributed by atoms with Gasteiger partial charge in [0.05, 0.1) is 0 Å². The summed E-state index contributed by atoms with van der Waals surface area (Å²) in [6.07, 6.45) is 0.613. The van der Waals surface area contributed by atoms with Gasteiger partial charge in [-0.2, -0.15) is 0 Å². The molecule has 2 atom stereocenters. The maximum Gasteiger partial charge on any atom is 0.248 e. The van der Waals surface area contributed by atoms with Crippen LogP contribution in [0.3, 0.4) is 0 Å². The number of carbonyl (C=O) groups excluding carboxylic acids is 1. The van der Waals surface area contributed by atoms with Gasteiger partial charge < -0.3 is 15.2 Å². The molecule has 1 amide bonds. The van der Waals surface area contributed by atoms with E-state index < -0.39 is 5.91 Å². The molecule has 4 nitrogen and oxygen atoms in total. The van der Waals surface area contributed by atoms with Crippen molar-refractivity contribution in [1.29, 1.82) is 0 Å². The summed E-state index contributed by atoms with van der Waals surface area (Å²) >= 11 is 0. The number of carbonyl (C=O) groups is 1. The maximum atomic E-state index is 11.0. The standard InChI is InChI=1S/C12H15NO3/c1-7-5-9-6-8(11(13)14)3-4-10(9)16-12(7)15-2/h3-4,6-7,12H,5H2,1-2H3,(H2,13,14). The number of rotatable bonds is 2. The van der Waals surface area contributed by atoms with E-state index in [2.05, 4.69) is 0 Å². The molecule has 16 heavy (non-hydrogen) atoms. The number of ether oxygens (including phenoxy) is 2. The minimum atomic E-state index is -0.413. The lowest BCUT2D eigenvalue weighted by Gasteiger charge is -2.30. The van der Waals surface area contributed by atoms with Crippen molar-refractivity contribution >= 4 is 5.91 Å². The Morgan fingerprint density at radius 2 is 2.31 bits per heavy atom. The monoisotopic (exact) mass is 221 g/mol. The molecule has 0 fully saturated rings. The molecule has 2 unspecified atom stereocenters. The molecule has 2 rings (SSSR count). The number of hydrogen-bond acceptors (Lipinski definition) is 3. The summed E-state index contributed by atoms with van der Waals surface area (Å²) in [6, 6.07) is 5.23. The van der Waals surface area contributed by atoms with E-state index in [0.717, 1.165) is 17.7 Å². The third-order valence-corrected chi connectivity index (χ3v) is 2.83. The Morgan fingerprint density at radius 1 is 1.56 bits per heavy atom. The smallest absolute Gasteiger partial charge is 0.248 e. The van der Waals surface area contributed by atoms with Crippen molar-refractivity contribution in [3.8, 4) is 5.75 Å². The number of benzene rings is 1. The average molecular weight is 221 g/mol. The molecule has 2 N–H and O–H groups in total. The Hall–Kier alpha value is -1.55. The molecule has 1 aliphatic rings. The molecule has 0 spiro atoms. The fraction of sp³-hybridized carbons (Fsp3) is 0.417. The number of amides is 1. The van der Waals surface area contributed by atoms with Crippen LogP contribution in [0, 0.1) is 5.92 Å². The van der Waals surface area contributed by atoms with E-state index in [1.807, 2.05) is 6.92 Å². The third-order valence-electron chi connectivity index (χ3n) is 2.83. The highest BCUT2D eigenvalue weighted by molar-refractivity contribution is 5.93. The van der Waals surface area contributed by atoms with Crippen LogP contribution in [-0.4, -0.2) is 19.3 Å². The molecule has 0 saturated carbocycles. The van der Waals surface area contributed by atoms with E-state index in [1.165, 1.54) is 0 Å². The van der Waals surface area contributed by atoms with E-state index in [0.29, 0.717) is 5.56 Å². The molecule has 1 heterocycles. The van der Waals surface area contributed by atoms with Crippen LogP contribution in [0.2, 0.25) is 0 Å².